The Morgan fingerprint density at radius 3 is 2.95 bits per heavy atom. The molecule has 0 radical (unpaired) electrons. The van der Waals surface area contributed by atoms with Crippen molar-refractivity contribution in [1.82, 2.24) is 4.90 Å². The van der Waals surface area contributed by atoms with E-state index >= 15 is 0 Å². The number of anilines is 1. The molecule has 4 heteroatoms. The molecular formula is C15H20ClN3. The Bertz CT molecular complexity index is 492. The van der Waals surface area contributed by atoms with E-state index in [0.717, 1.165) is 36.3 Å². The van der Waals surface area contributed by atoms with Gasteiger partial charge in [-0.15, -0.1) is 0 Å². The lowest BCUT2D eigenvalue weighted by molar-refractivity contribution is 0.435. The molecule has 1 fully saturated rings. The third-order valence-corrected chi connectivity index (χ3v) is 4.25. The van der Waals surface area contributed by atoms with E-state index in [2.05, 4.69) is 29.7 Å². The van der Waals surface area contributed by atoms with E-state index in [1.165, 1.54) is 18.4 Å². The van der Waals surface area contributed by atoms with Gasteiger partial charge >= 0.3 is 0 Å². The van der Waals surface area contributed by atoms with Crippen molar-refractivity contribution in [3.05, 3.63) is 28.8 Å². The number of nitrogens with zero attached hydrogens (tertiary/aromatic N) is 3. The molecule has 0 aliphatic carbocycles. The number of halogens is 1. The number of aliphatic imine (C=N–C) groups is 1. The maximum Gasteiger partial charge on any atom is 0.201 e. The lowest BCUT2D eigenvalue weighted by Crippen LogP contribution is -2.36. The molecule has 3 rings (SSSR count). The number of hydrogen-bond donors (Lipinski definition) is 0. The first-order chi connectivity index (χ1) is 9.18. The minimum Gasteiger partial charge on any atom is -0.340 e. The van der Waals surface area contributed by atoms with Gasteiger partial charge in [-0.3, -0.25) is 4.99 Å². The van der Waals surface area contributed by atoms with Gasteiger partial charge in [-0.05, 0) is 38.3 Å². The first-order valence-corrected chi connectivity index (χ1v) is 7.40. The summed E-state index contributed by atoms with van der Waals surface area (Å²) < 4.78 is 0. The average Bonchev–Trinajstić information content (AvgIpc) is 2.55. The quantitative estimate of drug-likeness (QED) is 0.784. The summed E-state index contributed by atoms with van der Waals surface area (Å²) in [5.41, 5.74) is 2.34. The Labute approximate surface area is 119 Å². The van der Waals surface area contributed by atoms with Crippen LogP contribution in [-0.4, -0.2) is 36.5 Å². The third kappa shape index (κ3) is 2.20. The van der Waals surface area contributed by atoms with E-state index in [4.69, 9.17) is 16.6 Å². The SMILES string of the molecule is Cc1cccc(Cl)c1N1C2=NCCCCN2CC1C. The lowest BCUT2D eigenvalue weighted by Gasteiger charge is -2.26. The van der Waals surface area contributed by atoms with Crippen molar-refractivity contribution < 1.29 is 0 Å². The zero-order valence-electron chi connectivity index (χ0n) is 11.6. The van der Waals surface area contributed by atoms with Gasteiger partial charge in [-0.1, -0.05) is 23.7 Å². The average molecular weight is 278 g/mol. The molecule has 0 bridgehead atoms. The highest BCUT2D eigenvalue weighted by molar-refractivity contribution is 6.34. The number of rotatable bonds is 1. The predicted molar refractivity (Wildman–Crippen MR) is 81.2 cm³/mol. The molecule has 1 atom stereocenters. The summed E-state index contributed by atoms with van der Waals surface area (Å²) in [6, 6.07) is 6.52. The summed E-state index contributed by atoms with van der Waals surface area (Å²) in [5.74, 6) is 1.11. The van der Waals surface area contributed by atoms with E-state index < -0.39 is 0 Å². The molecule has 1 aromatic rings. The summed E-state index contributed by atoms with van der Waals surface area (Å²) in [5, 5.41) is 0.820. The van der Waals surface area contributed by atoms with Crippen LogP contribution in [0.4, 0.5) is 5.69 Å². The fourth-order valence-electron chi connectivity index (χ4n) is 3.04. The van der Waals surface area contributed by atoms with Crippen LogP contribution in [0.1, 0.15) is 25.3 Å². The zero-order valence-corrected chi connectivity index (χ0v) is 12.3. The molecule has 0 spiro atoms. The molecule has 1 aromatic carbocycles. The second-order valence-electron chi connectivity index (χ2n) is 5.46. The second kappa shape index (κ2) is 5.04. The Hall–Kier alpha value is -1.22. The zero-order chi connectivity index (χ0) is 13.4. The third-order valence-electron chi connectivity index (χ3n) is 3.94. The van der Waals surface area contributed by atoms with Crippen LogP contribution in [0.2, 0.25) is 5.02 Å². The number of guanidine groups is 1. The smallest absolute Gasteiger partial charge is 0.201 e. The van der Waals surface area contributed by atoms with Crippen molar-refractivity contribution in [2.75, 3.05) is 24.5 Å². The molecule has 102 valence electrons. The van der Waals surface area contributed by atoms with Crippen molar-refractivity contribution in [3.63, 3.8) is 0 Å². The Balaban J connectivity index is 2.05. The van der Waals surface area contributed by atoms with Crippen LogP contribution in [0.25, 0.3) is 0 Å². The molecule has 0 amide bonds. The highest BCUT2D eigenvalue weighted by atomic mass is 35.5. The fraction of sp³-hybridized carbons (Fsp3) is 0.533. The van der Waals surface area contributed by atoms with Crippen LogP contribution in [0, 0.1) is 6.92 Å². The minimum absolute atomic E-state index is 0.426. The van der Waals surface area contributed by atoms with Gasteiger partial charge in [0, 0.05) is 19.6 Å². The Morgan fingerprint density at radius 1 is 1.32 bits per heavy atom. The summed E-state index contributed by atoms with van der Waals surface area (Å²) in [6.07, 6.45) is 2.42. The van der Waals surface area contributed by atoms with E-state index in [1.807, 2.05) is 12.1 Å². The van der Waals surface area contributed by atoms with E-state index in [0.29, 0.717) is 6.04 Å². The van der Waals surface area contributed by atoms with E-state index in [1.54, 1.807) is 0 Å². The largest absolute Gasteiger partial charge is 0.340 e. The standard InChI is InChI=1S/C15H20ClN3/c1-11-6-5-7-13(16)14(11)19-12(2)10-18-9-4-3-8-17-15(18)19/h5-7,12H,3-4,8-10H2,1-2H3. The van der Waals surface area contributed by atoms with Crippen molar-refractivity contribution >= 4 is 23.2 Å². The van der Waals surface area contributed by atoms with Gasteiger partial charge in [0.25, 0.3) is 0 Å². The van der Waals surface area contributed by atoms with Crippen LogP contribution in [0.15, 0.2) is 23.2 Å². The summed E-state index contributed by atoms with van der Waals surface area (Å²) in [4.78, 5) is 9.51. The molecule has 0 aromatic heterocycles. The van der Waals surface area contributed by atoms with Crippen LogP contribution < -0.4 is 4.90 Å². The maximum atomic E-state index is 6.43. The summed E-state index contributed by atoms with van der Waals surface area (Å²) in [6.45, 7) is 7.46. The maximum absolute atomic E-state index is 6.43. The van der Waals surface area contributed by atoms with E-state index in [-0.39, 0.29) is 0 Å². The highest BCUT2D eigenvalue weighted by Gasteiger charge is 2.35. The molecule has 1 saturated heterocycles. The van der Waals surface area contributed by atoms with Crippen LogP contribution in [0.5, 0.6) is 0 Å². The van der Waals surface area contributed by atoms with Crippen molar-refractivity contribution in [3.8, 4) is 0 Å². The Morgan fingerprint density at radius 2 is 2.16 bits per heavy atom. The lowest BCUT2D eigenvalue weighted by atomic mass is 10.1. The topological polar surface area (TPSA) is 18.8 Å². The van der Waals surface area contributed by atoms with Gasteiger partial charge in [0.05, 0.1) is 16.8 Å². The number of benzene rings is 1. The number of fused-ring (bicyclic) bond motifs is 1. The van der Waals surface area contributed by atoms with Gasteiger partial charge < -0.3 is 9.80 Å². The van der Waals surface area contributed by atoms with Gasteiger partial charge in [0.15, 0.2) is 0 Å². The monoisotopic (exact) mass is 277 g/mol. The first kappa shape index (κ1) is 12.8. The molecule has 0 N–H and O–H groups in total. The molecule has 2 aliphatic rings. The van der Waals surface area contributed by atoms with E-state index in [9.17, 15) is 0 Å². The molecule has 2 aliphatic heterocycles. The van der Waals surface area contributed by atoms with Crippen molar-refractivity contribution in [1.29, 1.82) is 0 Å². The molecule has 3 nitrogen and oxygen atoms in total. The first-order valence-electron chi connectivity index (χ1n) is 7.02. The van der Waals surface area contributed by atoms with Crippen LogP contribution >= 0.6 is 11.6 Å². The normalized spacial score (nSPS) is 23.1. The van der Waals surface area contributed by atoms with Crippen molar-refractivity contribution in [2.45, 2.75) is 32.7 Å². The van der Waals surface area contributed by atoms with Crippen LogP contribution in [-0.2, 0) is 0 Å². The Kier molecular flexibility index (Phi) is 3.40. The summed E-state index contributed by atoms with van der Waals surface area (Å²) in [7, 11) is 0. The summed E-state index contributed by atoms with van der Waals surface area (Å²) >= 11 is 6.43. The van der Waals surface area contributed by atoms with Gasteiger partial charge in [0.2, 0.25) is 5.96 Å². The predicted octanol–water partition coefficient (Wildman–Crippen LogP) is 3.31. The molecule has 0 saturated carbocycles. The minimum atomic E-state index is 0.426. The molecule has 1 unspecified atom stereocenters. The van der Waals surface area contributed by atoms with Gasteiger partial charge in [-0.25, -0.2) is 0 Å². The van der Waals surface area contributed by atoms with Crippen molar-refractivity contribution in [2.24, 2.45) is 4.99 Å². The number of aryl methyl sites for hydroxylation is 1. The van der Waals surface area contributed by atoms with Crippen LogP contribution in [0.3, 0.4) is 0 Å². The molecule has 2 heterocycles. The molecular weight excluding hydrogens is 258 g/mol. The molecule has 19 heavy (non-hydrogen) atoms. The highest BCUT2D eigenvalue weighted by Crippen LogP contribution is 2.34. The number of para-hydroxylation sites is 1. The van der Waals surface area contributed by atoms with Gasteiger partial charge in [0.1, 0.15) is 0 Å². The van der Waals surface area contributed by atoms with Gasteiger partial charge in [-0.2, -0.15) is 0 Å². The number of hydrogen-bond acceptors (Lipinski definition) is 3. The second-order valence-corrected chi connectivity index (χ2v) is 5.87. The fourth-order valence-corrected chi connectivity index (χ4v) is 3.35.